The van der Waals surface area contributed by atoms with Crippen LogP contribution in [0.2, 0.25) is 9.36 Å². The number of hydrogen-bond acceptors (Lipinski definition) is 5. The number of benzene rings is 1. The molecule has 110 valence electrons. The Hall–Kier alpha value is -1.34. The van der Waals surface area contributed by atoms with Crippen molar-refractivity contribution in [3.63, 3.8) is 0 Å². The summed E-state index contributed by atoms with van der Waals surface area (Å²) in [7, 11) is 0. The standard InChI is InChI=1S/C14H8Cl2N4S2/c15-9-3-1-8(2-4-9)13-17-18-14-20(13)19-10(7-21-14)11-5-6-12(16)22-11/h1-6H,7H2. The average molecular weight is 367 g/mol. The maximum Gasteiger partial charge on any atom is 0.212 e. The van der Waals surface area contributed by atoms with E-state index in [1.54, 1.807) is 16.4 Å². The molecule has 0 amide bonds. The van der Waals surface area contributed by atoms with Crippen molar-refractivity contribution in [1.29, 1.82) is 0 Å². The minimum absolute atomic E-state index is 0.689. The van der Waals surface area contributed by atoms with E-state index in [9.17, 15) is 0 Å². The predicted molar refractivity (Wildman–Crippen MR) is 92.5 cm³/mol. The molecule has 0 bridgehead atoms. The summed E-state index contributed by atoms with van der Waals surface area (Å²) in [5.41, 5.74) is 1.90. The normalized spacial score (nSPS) is 13.8. The SMILES string of the molecule is Clc1ccc(-c2nnc3n2N=C(c2ccc(Cl)s2)CS3)cc1. The van der Waals surface area contributed by atoms with Crippen molar-refractivity contribution in [2.24, 2.45) is 5.10 Å². The molecule has 4 rings (SSSR count). The van der Waals surface area contributed by atoms with Crippen molar-refractivity contribution in [1.82, 2.24) is 14.9 Å². The van der Waals surface area contributed by atoms with Gasteiger partial charge in [0.1, 0.15) is 0 Å². The van der Waals surface area contributed by atoms with E-state index in [-0.39, 0.29) is 0 Å². The van der Waals surface area contributed by atoms with Gasteiger partial charge < -0.3 is 0 Å². The monoisotopic (exact) mass is 366 g/mol. The lowest BCUT2D eigenvalue weighted by molar-refractivity contribution is 0.763. The predicted octanol–water partition coefficient (Wildman–Crippen LogP) is 4.67. The zero-order valence-corrected chi connectivity index (χ0v) is 14.2. The van der Waals surface area contributed by atoms with E-state index in [0.717, 1.165) is 31.4 Å². The summed E-state index contributed by atoms with van der Waals surface area (Å²) in [6.45, 7) is 0. The Labute approximate surface area is 144 Å². The fourth-order valence-electron chi connectivity index (χ4n) is 2.10. The molecular weight excluding hydrogens is 359 g/mol. The molecule has 3 aromatic rings. The smallest absolute Gasteiger partial charge is 0.186 e. The van der Waals surface area contributed by atoms with Gasteiger partial charge in [-0.05, 0) is 36.4 Å². The van der Waals surface area contributed by atoms with Gasteiger partial charge in [-0.25, -0.2) is 0 Å². The van der Waals surface area contributed by atoms with E-state index in [4.69, 9.17) is 28.3 Å². The highest BCUT2D eigenvalue weighted by molar-refractivity contribution is 7.99. The van der Waals surface area contributed by atoms with Crippen LogP contribution in [0.1, 0.15) is 4.88 Å². The zero-order chi connectivity index (χ0) is 15.1. The number of nitrogens with zero attached hydrogens (tertiary/aromatic N) is 4. The maximum absolute atomic E-state index is 6.01. The first-order chi connectivity index (χ1) is 10.7. The number of rotatable bonds is 2. The molecule has 1 aromatic carbocycles. The number of halogens is 2. The lowest BCUT2D eigenvalue weighted by Gasteiger charge is -2.12. The number of thiophene rings is 1. The highest BCUT2D eigenvalue weighted by Gasteiger charge is 2.21. The second kappa shape index (κ2) is 5.70. The molecule has 8 heteroatoms. The number of thioether (sulfide) groups is 1. The van der Waals surface area contributed by atoms with Gasteiger partial charge in [-0.3, -0.25) is 0 Å². The number of fused-ring (bicyclic) bond motifs is 1. The lowest BCUT2D eigenvalue weighted by Crippen LogP contribution is -2.12. The highest BCUT2D eigenvalue weighted by Crippen LogP contribution is 2.31. The Morgan fingerprint density at radius 2 is 1.82 bits per heavy atom. The van der Waals surface area contributed by atoms with Crippen molar-refractivity contribution in [3.8, 4) is 11.4 Å². The molecule has 0 unspecified atom stereocenters. The van der Waals surface area contributed by atoms with E-state index in [1.807, 2.05) is 36.4 Å². The molecule has 0 atom stereocenters. The summed E-state index contributed by atoms with van der Waals surface area (Å²) in [4.78, 5) is 1.07. The van der Waals surface area contributed by atoms with Gasteiger partial charge in [0.2, 0.25) is 5.16 Å². The molecule has 0 saturated carbocycles. The minimum atomic E-state index is 0.689. The van der Waals surface area contributed by atoms with Crippen LogP contribution in [0, 0.1) is 0 Å². The van der Waals surface area contributed by atoms with Gasteiger partial charge in [0, 0.05) is 16.3 Å². The molecule has 2 aromatic heterocycles. The van der Waals surface area contributed by atoms with Gasteiger partial charge >= 0.3 is 0 Å². The molecule has 0 N–H and O–H groups in total. The van der Waals surface area contributed by atoms with Crippen LogP contribution in [0.25, 0.3) is 11.4 Å². The number of hydrogen-bond donors (Lipinski definition) is 0. The van der Waals surface area contributed by atoms with Crippen LogP contribution in [0.3, 0.4) is 0 Å². The first-order valence-corrected chi connectivity index (χ1v) is 8.94. The quantitative estimate of drug-likeness (QED) is 0.661. The van der Waals surface area contributed by atoms with Gasteiger partial charge in [0.25, 0.3) is 0 Å². The third kappa shape index (κ3) is 2.56. The van der Waals surface area contributed by atoms with Gasteiger partial charge in [-0.1, -0.05) is 35.0 Å². The van der Waals surface area contributed by atoms with E-state index in [0.29, 0.717) is 10.8 Å². The summed E-state index contributed by atoms with van der Waals surface area (Å²) in [5, 5.41) is 14.6. The zero-order valence-electron chi connectivity index (χ0n) is 11.0. The first kappa shape index (κ1) is 14.3. The van der Waals surface area contributed by atoms with Crippen molar-refractivity contribution >= 4 is 52.0 Å². The third-order valence-corrected chi connectivity index (χ3v) is 5.59. The maximum atomic E-state index is 6.01. The fraction of sp³-hybridized carbons (Fsp3) is 0.0714. The van der Waals surface area contributed by atoms with Crippen molar-refractivity contribution < 1.29 is 0 Å². The second-order valence-electron chi connectivity index (χ2n) is 4.56. The molecule has 22 heavy (non-hydrogen) atoms. The highest BCUT2D eigenvalue weighted by atomic mass is 35.5. The molecule has 0 fully saturated rings. The van der Waals surface area contributed by atoms with Crippen molar-refractivity contribution in [3.05, 3.63) is 50.6 Å². The Bertz CT molecular complexity index is 867. The molecule has 0 spiro atoms. The Balaban J connectivity index is 1.79. The fourth-order valence-corrected chi connectivity index (χ4v) is 4.17. The molecule has 1 aliphatic heterocycles. The van der Waals surface area contributed by atoms with Crippen molar-refractivity contribution in [2.45, 2.75) is 5.16 Å². The van der Waals surface area contributed by atoms with E-state index in [1.165, 1.54) is 11.3 Å². The molecule has 4 nitrogen and oxygen atoms in total. The molecule has 3 heterocycles. The third-order valence-electron chi connectivity index (χ3n) is 3.13. The van der Waals surface area contributed by atoms with E-state index in [2.05, 4.69) is 10.2 Å². The van der Waals surface area contributed by atoms with Crippen LogP contribution in [-0.2, 0) is 0 Å². The van der Waals surface area contributed by atoms with Gasteiger partial charge in [0.15, 0.2) is 5.82 Å². The van der Waals surface area contributed by atoms with E-state index >= 15 is 0 Å². The molecule has 0 aliphatic carbocycles. The first-order valence-electron chi connectivity index (χ1n) is 6.38. The summed E-state index contributed by atoms with van der Waals surface area (Å²) >= 11 is 15.1. The Morgan fingerprint density at radius 3 is 2.55 bits per heavy atom. The van der Waals surface area contributed by atoms with Crippen LogP contribution in [0.5, 0.6) is 0 Å². The summed E-state index contributed by atoms with van der Waals surface area (Å²) in [6, 6.07) is 11.4. The Morgan fingerprint density at radius 1 is 1.00 bits per heavy atom. The summed E-state index contributed by atoms with van der Waals surface area (Å²) in [6.07, 6.45) is 0. The molecule has 1 aliphatic rings. The summed E-state index contributed by atoms with van der Waals surface area (Å²) < 4.78 is 2.54. The van der Waals surface area contributed by atoms with Gasteiger partial charge in [-0.15, -0.1) is 21.5 Å². The van der Waals surface area contributed by atoms with Crippen LogP contribution in [0.15, 0.2) is 46.7 Å². The largest absolute Gasteiger partial charge is 0.212 e. The Kier molecular flexibility index (Phi) is 3.69. The van der Waals surface area contributed by atoms with E-state index < -0.39 is 0 Å². The van der Waals surface area contributed by atoms with Gasteiger partial charge in [0.05, 0.1) is 14.9 Å². The number of aromatic nitrogens is 3. The topological polar surface area (TPSA) is 43.1 Å². The molecular formula is C14H8Cl2N4S2. The minimum Gasteiger partial charge on any atom is -0.186 e. The van der Waals surface area contributed by atoms with Crippen LogP contribution in [-0.4, -0.2) is 26.3 Å². The van der Waals surface area contributed by atoms with Gasteiger partial charge in [-0.2, -0.15) is 9.78 Å². The molecule has 0 radical (unpaired) electrons. The van der Waals surface area contributed by atoms with Crippen LogP contribution in [0.4, 0.5) is 0 Å². The second-order valence-corrected chi connectivity index (χ2v) is 7.66. The lowest BCUT2D eigenvalue weighted by atomic mass is 10.2. The summed E-state index contributed by atoms with van der Waals surface area (Å²) in [5.74, 6) is 1.47. The molecule has 0 saturated heterocycles. The van der Waals surface area contributed by atoms with Crippen LogP contribution >= 0.6 is 46.3 Å². The van der Waals surface area contributed by atoms with Crippen LogP contribution < -0.4 is 0 Å². The van der Waals surface area contributed by atoms with Crippen molar-refractivity contribution in [2.75, 3.05) is 5.75 Å². The average Bonchev–Trinajstić information content (AvgIpc) is 3.14.